The average molecular weight is 497 g/mol. The number of aromatic nitrogens is 2. The predicted molar refractivity (Wildman–Crippen MR) is 118 cm³/mol. The van der Waals surface area contributed by atoms with Gasteiger partial charge in [0, 0.05) is 34.7 Å². The van der Waals surface area contributed by atoms with Gasteiger partial charge < -0.3 is 0 Å². The summed E-state index contributed by atoms with van der Waals surface area (Å²) < 4.78 is 3.49. The SMILES string of the molecule is Cn1c2c(c(=O)n(C)c1=O)C(c1cccc(I)c1)C1C(=O)c3ccccc3C1=N2. The third kappa shape index (κ3) is 2.46. The molecule has 7 heteroatoms. The summed E-state index contributed by atoms with van der Waals surface area (Å²) in [7, 11) is 3.07. The van der Waals surface area contributed by atoms with E-state index in [0.29, 0.717) is 22.7 Å². The Morgan fingerprint density at radius 2 is 1.62 bits per heavy atom. The Hall–Kier alpha value is -2.81. The molecule has 6 nitrogen and oxygen atoms in total. The number of hydrogen-bond donors (Lipinski definition) is 0. The number of carbonyl (C=O) groups excluding carboxylic acids is 1. The van der Waals surface area contributed by atoms with Crippen molar-refractivity contribution in [3.05, 3.63) is 95.2 Å². The van der Waals surface area contributed by atoms with Gasteiger partial charge >= 0.3 is 5.69 Å². The van der Waals surface area contributed by atoms with Gasteiger partial charge in [-0.15, -0.1) is 0 Å². The minimum absolute atomic E-state index is 0.0373. The lowest BCUT2D eigenvalue weighted by Crippen LogP contribution is -2.43. The fraction of sp³-hybridized carbons (Fsp3) is 0.182. The highest BCUT2D eigenvalue weighted by molar-refractivity contribution is 14.1. The molecule has 144 valence electrons. The Labute approximate surface area is 179 Å². The Bertz CT molecular complexity index is 1370. The molecule has 0 spiro atoms. The number of carbonyl (C=O) groups is 1. The second-order valence-electron chi connectivity index (χ2n) is 7.36. The maximum atomic E-state index is 13.4. The molecule has 0 radical (unpaired) electrons. The predicted octanol–water partition coefficient (Wildman–Crippen LogP) is 2.77. The van der Waals surface area contributed by atoms with Crippen LogP contribution >= 0.6 is 22.6 Å². The molecule has 0 N–H and O–H groups in total. The maximum Gasteiger partial charge on any atom is 0.332 e. The van der Waals surface area contributed by atoms with Crippen LogP contribution in [0.5, 0.6) is 0 Å². The highest BCUT2D eigenvalue weighted by Gasteiger charge is 2.47. The van der Waals surface area contributed by atoms with E-state index in [2.05, 4.69) is 22.6 Å². The molecule has 2 unspecified atom stereocenters. The average Bonchev–Trinajstić information content (AvgIpc) is 3.01. The summed E-state index contributed by atoms with van der Waals surface area (Å²) in [4.78, 5) is 43.8. The van der Waals surface area contributed by atoms with E-state index in [4.69, 9.17) is 4.99 Å². The quantitative estimate of drug-likeness (QED) is 0.486. The standard InChI is InChI=1S/C22H16IN3O3/c1-25-20-17(21(28)26(2)22(25)29)15(11-6-5-7-12(23)10-11)16-18(24-20)13-8-3-4-9-14(13)19(16)27/h3-10,15-16H,1-2H3. The molecule has 0 saturated carbocycles. The molecule has 0 bridgehead atoms. The summed E-state index contributed by atoms with van der Waals surface area (Å²) in [5.74, 6) is -0.789. The Balaban J connectivity index is 1.92. The van der Waals surface area contributed by atoms with E-state index in [9.17, 15) is 14.4 Å². The van der Waals surface area contributed by atoms with E-state index in [1.54, 1.807) is 13.1 Å². The summed E-state index contributed by atoms with van der Waals surface area (Å²) in [6.45, 7) is 0. The Morgan fingerprint density at radius 3 is 2.34 bits per heavy atom. The summed E-state index contributed by atoms with van der Waals surface area (Å²) in [5.41, 5.74) is 2.44. The lowest BCUT2D eigenvalue weighted by Gasteiger charge is -2.30. The second kappa shape index (κ2) is 6.35. The van der Waals surface area contributed by atoms with Crippen LogP contribution in [0.15, 0.2) is 63.1 Å². The number of ketones is 1. The summed E-state index contributed by atoms with van der Waals surface area (Å²) in [5, 5.41) is 0. The van der Waals surface area contributed by atoms with Crippen molar-refractivity contribution in [1.29, 1.82) is 0 Å². The lowest BCUT2D eigenvalue weighted by atomic mass is 9.76. The third-order valence-electron chi connectivity index (χ3n) is 5.79. The minimum atomic E-state index is -0.580. The van der Waals surface area contributed by atoms with Crippen LogP contribution < -0.4 is 11.2 Å². The first-order valence-corrected chi connectivity index (χ1v) is 10.3. The number of halogens is 1. The van der Waals surface area contributed by atoms with E-state index >= 15 is 0 Å². The molecule has 1 aromatic heterocycles. The number of Topliss-reactive ketones (excluding diaryl/α,β-unsaturated/α-hetero) is 1. The first-order chi connectivity index (χ1) is 13.9. The molecule has 2 aliphatic rings. The van der Waals surface area contributed by atoms with Gasteiger partial charge in [0.2, 0.25) is 0 Å². The van der Waals surface area contributed by atoms with Crippen LogP contribution in [-0.2, 0) is 14.1 Å². The van der Waals surface area contributed by atoms with Gasteiger partial charge in [0.05, 0.1) is 17.2 Å². The number of rotatable bonds is 1. The van der Waals surface area contributed by atoms with Gasteiger partial charge in [-0.05, 0) is 40.3 Å². The molecular formula is C22H16IN3O3. The molecule has 0 saturated heterocycles. The summed E-state index contributed by atoms with van der Waals surface area (Å²) >= 11 is 2.22. The monoisotopic (exact) mass is 497 g/mol. The fourth-order valence-corrected chi connectivity index (χ4v) is 4.99. The van der Waals surface area contributed by atoms with Crippen LogP contribution in [0, 0.1) is 9.49 Å². The van der Waals surface area contributed by atoms with Crippen LogP contribution in [0.1, 0.15) is 33.0 Å². The van der Waals surface area contributed by atoms with Gasteiger partial charge in [-0.3, -0.25) is 18.7 Å². The van der Waals surface area contributed by atoms with Crippen molar-refractivity contribution < 1.29 is 4.79 Å². The summed E-state index contributed by atoms with van der Waals surface area (Å²) in [6.07, 6.45) is 0. The molecule has 2 aromatic carbocycles. The molecule has 0 fully saturated rings. The lowest BCUT2D eigenvalue weighted by molar-refractivity contribution is 0.0953. The normalized spacial score (nSPS) is 19.4. The van der Waals surface area contributed by atoms with Gasteiger partial charge in [-0.2, -0.15) is 0 Å². The van der Waals surface area contributed by atoms with E-state index in [-0.39, 0.29) is 5.78 Å². The zero-order valence-corrected chi connectivity index (χ0v) is 17.9. The molecule has 2 atom stereocenters. The molecule has 2 heterocycles. The first kappa shape index (κ1) is 18.2. The molecular weight excluding hydrogens is 481 g/mol. The van der Waals surface area contributed by atoms with Crippen molar-refractivity contribution >= 4 is 39.9 Å². The van der Waals surface area contributed by atoms with Crippen LogP contribution in [0.4, 0.5) is 5.82 Å². The third-order valence-corrected chi connectivity index (χ3v) is 6.46. The van der Waals surface area contributed by atoms with E-state index in [0.717, 1.165) is 19.3 Å². The van der Waals surface area contributed by atoms with Crippen LogP contribution in [0.2, 0.25) is 0 Å². The van der Waals surface area contributed by atoms with Gasteiger partial charge in [-0.1, -0.05) is 36.4 Å². The van der Waals surface area contributed by atoms with Gasteiger partial charge in [-0.25, -0.2) is 9.79 Å². The van der Waals surface area contributed by atoms with Gasteiger partial charge in [0.1, 0.15) is 5.82 Å². The van der Waals surface area contributed by atoms with Crippen LogP contribution in [-0.4, -0.2) is 20.6 Å². The molecule has 0 amide bonds. The molecule has 3 aromatic rings. The second-order valence-corrected chi connectivity index (χ2v) is 8.61. The fourth-order valence-electron chi connectivity index (χ4n) is 4.43. The number of benzene rings is 2. The maximum absolute atomic E-state index is 13.4. The topological polar surface area (TPSA) is 73.4 Å². The molecule has 29 heavy (non-hydrogen) atoms. The van der Waals surface area contributed by atoms with E-state index in [1.807, 2.05) is 42.5 Å². The zero-order valence-electron chi connectivity index (χ0n) is 15.7. The van der Waals surface area contributed by atoms with Crippen molar-refractivity contribution in [2.24, 2.45) is 25.0 Å². The van der Waals surface area contributed by atoms with E-state index < -0.39 is 23.1 Å². The number of nitrogens with zero attached hydrogens (tertiary/aromatic N) is 3. The number of hydrogen-bond acceptors (Lipinski definition) is 4. The molecule has 5 rings (SSSR count). The van der Waals surface area contributed by atoms with Crippen molar-refractivity contribution in [3.8, 4) is 0 Å². The van der Waals surface area contributed by atoms with Crippen molar-refractivity contribution in [1.82, 2.24) is 9.13 Å². The number of fused-ring (bicyclic) bond motifs is 4. The van der Waals surface area contributed by atoms with Gasteiger partial charge in [0.25, 0.3) is 5.56 Å². The molecule has 1 aliphatic heterocycles. The largest absolute Gasteiger partial charge is 0.332 e. The zero-order chi connectivity index (χ0) is 20.4. The van der Waals surface area contributed by atoms with Crippen molar-refractivity contribution in [2.75, 3.05) is 0 Å². The number of aliphatic imine (C=N–C) groups is 1. The van der Waals surface area contributed by atoms with Crippen LogP contribution in [0.25, 0.3) is 0 Å². The van der Waals surface area contributed by atoms with Gasteiger partial charge in [0.15, 0.2) is 5.78 Å². The Morgan fingerprint density at radius 1 is 0.897 bits per heavy atom. The highest BCUT2D eigenvalue weighted by atomic mass is 127. The summed E-state index contributed by atoms with van der Waals surface area (Å²) in [6, 6.07) is 15.2. The van der Waals surface area contributed by atoms with Crippen molar-refractivity contribution in [2.45, 2.75) is 5.92 Å². The van der Waals surface area contributed by atoms with E-state index in [1.165, 1.54) is 11.6 Å². The van der Waals surface area contributed by atoms with Crippen molar-refractivity contribution in [3.63, 3.8) is 0 Å². The highest BCUT2D eigenvalue weighted by Crippen LogP contribution is 2.46. The first-order valence-electron chi connectivity index (χ1n) is 9.17. The Kier molecular flexibility index (Phi) is 3.99. The van der Waals surface area contributed by atoms with Crippen LogP contribution in [0.3, 0.4) is 0 Å². The smallest absolute Gasteiger partial charge is 0.293 e. The minimum Gasteiger partial charge on any atom is -0.293 e. The molecule has 1 aliphatic carbocycles.